The molecule has 3 aliphatic rings. The molecule has 0 saturated carbocycles. The van der Waals surface area contributed by atoms with Gasteiger partial charge in [0.05, 0.1) is 30.2 Å². The van der Waals surface area contributed by atoms with Crippen LogP contribution in [0, 0.1) is 11.6 Å². The second kappa shape index (κ2) is 12.7. The number of phenolic OH excluding ortho intramolecular Hbond substituents is 1. The maximum atomic E-state index is 14.5. The van der Waals surface area contributed by atoms with Crippen molar-refractivity contribution in [1.82, 2.24) is 24.9 Å². The molecule has 2 aromatic carbocycles. The molecule has 1 N–H and O–H groups in total. The zero-order valence-electron chi connectivity index (χ0n) is 28.7. The Morgan fingerprint density at radius 3 is 2.53 bits per heavy atom. The van der Waals surface area contributed by atoms with Gasteiger partial charge in [-0.2, -0.15) is 10.2 Å². The van der Waals surface area contributed by atoms with Crippen molar-refractivity contribution in [2.24, 2.45) is 0 Å². The van der Waals surface area contributed by atoms with Gasteiger partial charge in [0.2, 0.25) is 5.91 Å². The van der Waals surface area contributed by atoms with Crippen LogP contribution in [0.2, 0.25) is 0 Å². The van der Waals surface area contributed by atoms with Crippen LogP contribution in [0.15, 0.2) is 42.5 Å². The fraction of sp³-hybridized carbons (Fsp3) is 0.472. The molecule has 3 amide bonds. The maximum Gasteiger partial charge on any atom is 0.410 e. The normalized spacial score (nSPS) is 20.4. The van der Waals surface area contributed by atoms with Crippen molar-refractivity contribution in [2.45, 2.75) is 77.6 Å². The predicted octanol–water partition coefficient (Wildman–Crippen LogP) is 4.64. The second-order valence-corrected chi connectivity index (χ2v) is 14.9. The van der Waals surface area contributed by atoms with Gasteiger partial charge in [0.25, 0.3) is 5.91 Å². The van der Waals surface area contributed by atoms with Crippen molar-refractivity contribution < 1.29 is 33.0 Å². The summed E-state index contributed by atoms with van der Waals surface area (Å²) in [5.74, 6) is -1.73. The molecule has 0 aliphatic carbocycles. The molecule has 13 heteroatoms. The lowest BCUT2D eigenvalue weighted by molar-refractivity contribution is -0.121. The number of benzene rings is 2. The summed E-state index contributed by atoms with van der Waals surface area (Å²) in [5, 5.41) is 19.2. The van der Waals surface area contributed by atoms with Crippen molar-refractivity contribution in [3.05, 3.63) is 82.2 Å². The van der Waals surface area contributed by atoms with Crippen molar-refractivity contribution in [1.29, 1.82) is 0 Å². The zero-order valence-corrected chi connectivity index (χ0v) is 28.7. The number of aromatic hydroxyl groups is 1. The van der Waals surface area contributed by atoms with Gasteiger partial charge >= 0.3 is 6.09 Å². The van der Waals surface area contributed by atoms with E-state index in [2.05, 4.69) is 10.2 Å². The number of carbonyl (C=O) groups is 3. The van der Waals surface area contributed by atoms with Crippen LogP contribution in [0.3, 0.4) is 0 Å². The lowest BCUT2D eigenvalue weighted by Gasteiger charge is -2.46. The number of phenols is 1. The predicted molar refractivity (Wildman–Crippen MR) is 177 cm³/mol. The molecule has 3 aromatic rings. The van der Waals surface area contributed by atoms with Crippen molar-refractivity contribution in [3.8, 4) is 5.75 Å². The Morgan fingerprint density at radius 1 is 1.08 bits per heavy atom. The van der Waals surface area contributed by atoms with Crippen molar-refractivity contribution in [2.75, 3.05) is 37.6 Å². The van der Waals surface area contributed by atoms with Crippen LogP contribution in [0.1, 0.15) is 74.4 Å². The van der Waals surface area contributed by atoms with Crippen LogP contribution < -0.4 is 4.90 Å². The lowest BCUT2D eigenvalue weighted by atomic mass is 9.91. The van der Waals surface area contributed by atoms with Gasteiger partial charge < -0.3 is 24.5 Å². The van der Waals surface area contributed by atoms with E-state index >= 15 is 0 Å². The summed E-state index contributed by atoms with van der Waals surface area (Å²) < 4.78 is 33.7. The third-order valence-electron chi connectivity index (χ3n) is 9.37. The molecule has 1 saturated heterocycles. The number of anilines is 1. The van der Waals surface area contributed by atoms with E-state index in [4.69, 9.17) is 4.74 Å². The van der Waals surface area contributed by atoms with Gasteiger partial charge in [-0.05, 0) is 57.5 Å². The first-order chi connectivity index (χ1) is 23.0. The summed E-state index contributed by atoms with van der Waals surface area (Å²) in [6, 6.07) is 9.28. The second-order valence-electron chi connectivity index (χ2n) is 14.9. The number of amides is 3. The molecule has 0 unspecified atom stereocenters. The van der Waals surface area contributed by atoms with E-state index in [1.807, 2.05) is 25.7 Å². The van der Waals surface area contributed by atoms with Gasteiger partial charge in [-0.15, -0.1) is 0 Å². The minimum atomic E-state index is -0.705. The Bertz CT molecular complexity index is 1810. The van der Waals surface area contributed by atoms with Gasteiger partial charge in [0, 0.05) is 67.3 Å². The molecule has 6 rings (SSSR count). The maximum absolute atomic E-state index is 14.5. The summed E-state index contributed by atoms with van der Waals surface area (Å²) in [5.41, 5.74) is 1.70. The number of ether oxygens (including phenoxy) is 1. The Hall–Kier alpha value is -4.65. The summed E-state index contributed by atoms with van der Waals surface area (Å²) in [6.45, 7) is 12.6. The molecule has 0 spiro atoms. The quantitative estimate of drug-likeness (QED) is 0.401. The number of fused-ring (bicyclic) bond motifs is 2. The average molecular weight is 677 g/mol. The van der Waals surface area contributed by atoms with E-state index in [1.165, 1.54) is 12.1 Å². The van der Waals surface area contributed by atoms with Gasteiger partial charge in [-0.3, -0.25) is 14.5 Å². The first-order valence-electron chi connectivity index (χ1n) is 16.5. The number of carbonyl (C=O) groups excluding carboxylic acids is 3. The highest BCUT2D eigenvalue weighted by molar-refractivity contribution is 5.99. The number of nitrogens with zero attached hydrogens (tertiary/aromatic N) is 6. The lowest BCUT2D eigenvalue weighted by Crippen LogP contribution is -2.63. The van der Waals surface area contributed by atoms with Crippen LogP contribution in [0.25, 0.3) is 0 Å². The molecule has 2 atom stereocenters. The minimum Gasteiger partial charge on any atom is -0.508 e. The fourth-order valence-electron chi connectivity index (χ4n) is 6.92. The molecule has 3 aliphatic heterocycles. The zero-order chi connectivity index (χ0) is 35.4. The molecule has 1 fully saturated rings. The van der Waals surface area contributed by atoms with Crippen LogP contribution in [0.5, 0.6) is 5.75 Å². The fourth-order valence-corrected chi connectivity index (χ4v) is 6.92. The molecular weight excluding hydrogens is 634 g/mol. The molecule has 1 aromatic heterocycles. The SMILES string of the molecule is C[C@@H]1CN(CC(=O)N2CC(C)(C)c3nnc(Cc4ccc(F)cc4F)cc32)[C@@H](CN2Cc3c(O)cccc3C2=O)CN1C(=O)OC(C)(C)C. The summed E-state index contributed by atoms with van der Waals surface area (Å²) in [6.07, 6.45) is -0.397. The highest BCUT2D eigenvalue weighted by Gasteiger charge is 2.44. The Morgan fingerprint density at radius 2 is 1.84 bits per heavy atom. The minimum absolute atomic E-state index is 0.00282. The number of halogens is 2. The van der Waals surface area contributed by atoms with Gasteiger partial charge in [-0.1, -0.05) is 26.0 Å². The Labute approximate surface area is 284 Å². The van der Waals surface area contributed by atoms with Crippen molar-refractivity contribution >= 4 is 23.6 Å². The molecular formula is C36H42F2N6O5. The number of hydrogen-bond acceptors (Lipinski definition) is 8. The highest BCUT2D eigenvalue weighted by atomic mass is 19.1. The van der Waals surface area contributed by atoms with E-state index in [1.54, 1.807) is 59.7 Å². The van der Waals surface area contributed by atoms with Crippen LogP contribution in [-0.4, -0.2) is 98.3 Å². The van der Waals surface area contributed by atoms with E-state index in [0.29, 0.717) is 41.3 Å². The van der Waals surface area contributed by atoms with Crippen LogP contribution in [0.4, 0.5) is 19.3 Å². The van der Waals surface area contributed by atoms with Gasteiger partial charge in [0.15, 0.2) is 0 Å². The van der Waals surface area contributed by atoms with Gasteiger partial charge in [0.1, 0.15) is 23.0 Å². The Kier molecular flexibility index (Phi) is 8.85. The molecule has 4 heterocycles. The Balaban J connectivity index is 1.25. The summed E-state index contributed by atoms with van der Waals surface area (Å²) >= 11 is 0. The topological polar surface area (TPSA) is 119 Å². The number of aromatic nitrogens is 2. The monoisotopic (exact) mass is 676 g/mol. The van der Waals surface area contributed by atoms with E-state index in [9.17, 15) is 28.3 Å². The van der Waals surface area contributed by atoms with E-state index in [-0.39, 0.29) is 61.8 Å². The van der Waals surface area contributed by atoms with Gasteiger partial charge in [-0.25, -0.2) is 13.6 Å². The third-order valence-corrected chi connectivity index (χ3v) is 9.37. The smallest absolute Gasteiger partial charge is 0.410 e. The highest BCUT2D eigenvalue weighted by Crippen LogP contribution is 2.39. The van der Waals surface area contributed by atoms with E-state index < -0.39 is 34.8 Å². The standard InChI is InChI=1S/C36H42F2N6O5/c1-21-15-41(25(17-43(21)34(48)49-35(2,3)4)16-42-18-27-26(33(42)47)8-7-9-30(27)45)19-31(46)44-20-36(5,6)32-29(44)14-24(39-40-32)12-22-10-11-23(37)13-28(22)38/h7-11,13-14,21,25,45H,12,15-20H2,1-6H3/t21-,25+/m1/s1. The molecule has 11 nitrogen and oxygen atoms in total. The molecule has 49 heavy (non-hydrogen) atoms. The van der Waals surface area contributed by atoms with Crippen LogP contribution >= 0.6 is 0 Å². The molecule has 260 valence electrons. The average Bonchev–Trinajstić information content (AvgIpc) is 3.47. The first-order valence-corrected chi connectivity index (χ1v) is 16.5. The first kappa shape index (κ1) is 34.2. The molecule has 0 radical (unpaired) electrons. The number of hydrogen-bond donors (Lipinski definition) is 1. The number of rotatable bonds is 6. The molecule has 0 bridgehead atoms. The van der Waals surface area contributed by atoms with Crippen LogP contribution in [-0.2, 0) is 27.9 Å². The number of piperazine rings is 1. The summed E-state index contributed by atoms with van der Waals surface area (Å²) in [7, 11) is 0. The third kappa shape index (κ3) is 6.94. The van der Waals surface area contributed by atoms with Crippen molar-refractivity contribution in [3.63, 3.8) is 0 Å². The largest absolute Gasteiger partial charge is 0.508 e. The van der Waals surface area contributed by atoms with E-state index in [0.717, 1.165) is 6.07 Å². The summed E-state index contributed by atoms with van der Waals surface area (Å²) in [4.78, 5) is 47.9.